The first kappa shape index (κ1) is 19.8. The van der Waals surface area contributed by atoms with Crippen LogP contribution >= 0.6 is 0 Å². The van der Waals surface area contributed by atoms with Crippen LogP contribution in [0.2, 0.25) is 0 Å². The largest absolute Gasteiger partial charge is 0.462 e. The van der Waals surface area contributed by atoms with Crippen LogP contribution in [0.4, 0.5) is 0 Å². The van der Waals surface area contributed by atoms with Crippen LogP contribution in [0.25, 0.3) is 0 Å². The van der Waals surface area contributed by atoms with Gasteiger partial charge >= 0.3 is 5.97 Å². The molecule has 1 aliphatic rings. The molecule has 1 saturated heterocycles. The van der Waals surface area contributed by atoms with E-state index in [1.165, 1.54) is 0 Å². The number of ether oxygens (including phenoxy) is 1. The molecule has 8 heteroatoms. The van der Waals surface area contributed by atoms with Gasteiger partial charge in [-0.25, -0.2) is 14.8 Å². The first-order chi connectivity index (χ1) is 12.3. The summed E-state index contributed by atoms with van der Waals surface area (Å²) >= 11 is 0. The van der Waals surface area contributed by atoms with Gasteiger partial charge in [0.25, 0.3) is 5.91 Å². The van der Waals surface area contributed by atoms with Crippen molar-refractivity contribution in [2.75, 3.05) is 26.2 Å². The van der Waals surface area contributed by atoms with Gasteiger partial charge in [-0.15, -0.1) is 0 Å². The molecule has 0 spiro atoms. The van der Waals surface area contributed by atoms with Gasteiger partial charge in [0, 0.05) is 32.1 Å². The van der Waals surface area contributed by atoms with Crippen molar-refractivity contribution in [1.29, 1.82) is 0 Å². The summed E-state index contributed by atoms with van der Waals surface area (Å²) in [6.07, 6.45) is 0.440. The Hall–Kier alpha value is -2.51. The van der Waals surface area contributed by atoms with Crippen LogP contribution < -0.4 is 0 Å². The molecule has 1 fully saturated rings. The molecule has 1 aliphatic heterocycles. The zero-order chi connectivity index (χ0) is 19.4. The summed E-state index contributed by atoms with van der Waals surface area (Å²) < 4.78 is 5.07. The number of hydrogen-bond donors (Lipinski definition) is 0. The molecule has 0 bridgehead atoms. The van der Waals surface area contributed by atoms with Crippen LogP contribution in [0.5, 0.6) is 0 Å². The van der Waals surface area contributed by atoms with E-state index in [1.54, 1.807) is 30.6 Å². The molecule has 1 unspecified atom stereocenters. The fourth-order valence-corrected chi connectivity index (χ4v) is 3.18. The van der Waals surface area contributed by atoms with Gasteiger partial charge in [-0.1, -0.05) is 6.92 Å². The van der Waals surface area contributed by atoms with E-state index in [2.05, 4.69) is 9.97 Å². The van der Waals surface area contributed by atoms with Crippen molar-refractivity contribution in [3.05, 3.63) is 22.8 Å². The van der Waals surface area contributed by atoms with Gasteiger partial charge in [0.1, 0.15) is 17.1 Å². The standard InChI is InChI=1S/C18H26N4O4/c1-6-14(23)22-9-8-21(10-11(22)3)17(24)16-15(18(25)26-7-2)12(4)19-13(5)20-16/h11H,6-10H2,1-5H3. The molecule has 0 aliphatic carbocycles. The molecule has 8 nitrogen and oxygen atoms in total. The lowest BCUT2D eigenvalue weighted by Gasteiger charge is -2.39. The molecular weight excluding hydrogens is 336 g/mol. The van der Waals surface area contributed by atoms with Gasteiger partial charge in [0.2, 0.25) is 5.91 Å². The highest BCUT2D eigenvalue weighted by Gasteiger charge is 2.33. The lowest BCUT2D eigenvalue weighted by atomic mass is 10.1. The smallest absolute Gasteiger partial charge is 0.342 e. The third-order valence-corrected chi connectivity index (χ3v) is 4.42. The fraction of sp³-hybridized carbons (Fsp3) is 0.611. The molecule has 0 saturated carbocycles. The van der Waals surface area contributed by atoms with E-state index in [0.29, 0.717) is 37.6 Å². The van der Waals surface area contributed by atoms with Crippen LogP contribution in [0.3, 0.4) is 0 Å². The molecule has 0 aromatic carbocycles. The number of hydrogen-bond acceptors (Lipinski definition) is 6. The molecule has 2 amide bonds. The maximum atomic E-state index is 13.0. The van der Waals surface area contributed by atoms with Crippen LogP contribution in [-0.2, 0) is 9.53 Å². The van der Waals surface area contributed by atoms with Crippen molar-refractivity contribution in [3.63, 3.8) is 0 Å². The molecule has 0 radical (unpaired) electrons. The van der Waals surface area contributed by atoms with Gasteiger partial charge in [-0.05, 0) is 27.7 Å². The summed E-state index contributed by atoms with van der Waals surface area (Å²) in [4.78, 5) is 49.2. The highest BCUT2D eigenvalue weighted by Crippen LogP contribution is 2.18. The SMILES string of the molecule is CCOC(=O)c1c(C)nc(C)nc1C(=O)N1CCN(C(=O)CC)C(C)C1. The third-order valence-electron chi connectivity index (χ3n) is 4.42. The number of aryl methyl sites for hydroxylation is 2. The van der Waals surface area contributed by atoms with Gasteiger partial charge in [-0.2, -0.15) is 0 Å². The van der Waals surface area contributed by atoms with Gasteiger partial charge in [-0.3, -0.25) is 9.59 Å². The quantitative estimate of drug-likeness (QED) is 0.751. The van der Waals surface area contributed by atoms with Crippen LogP contribution in [0.1, 0.15) is 59.6 Å². The Morgan fingerprint density at radius 2 is 1.85 bits per heavy atom. The van der Waals surface area contributed by atoms with Gasteiger partial charge < -0.3 is 14.5 Å². The molecular formula is C18H26N4O4. The van der Waals surface area contributed by atoms with Crippen molar-refractivity contribution in [2.45, 2.75) is 47.1 Å². The highest BCUT2D eigenvalue weighted by molar-refractivity contribution is 6.04. The topological polar surface area (TPSA) is 92.7 Å². The van der Waals surface area contributed by atoms with Crippen molar-refractivity contribution >= 4 is 17.8 Å². The maximum Gasteiger partial charge on any atom is 0.342 e. The Kier molecular flexibility index (Phi) is 6.28. The zero-order valence-electron chi connectivity index (χ0n) is 16.0. The van der Waals surface area contributed by atoms with Crippen molar-refractivity contribution in [3.8, 4) is 0 Å². The van der Waals surface area contributed by atoms with Crippen molar-refractivity contribution < 1.29 is 19.1 Å². The lowest BCUT2D eigenvalue weighted by Crippen LogP contribution is -2.55. The average molecular weight is 362 g/mol. The van der Waals surface area contributed by atoms with Gasteiger partial charge in [0.05, 0.1) is 12.3 Å². The normalized spacial score (nSPS) is 17.2. The van der Waals surface area contributed by atoms with Crippen molar-refractivity contribution in [1.82, 2.24) is 19.8 Å². The second kappa shape index (κ2) is 8.25. The van der Waals surface area contributed by atoms with E-state index < -0.39 is 5.97 Å². The van der Waals surface area contributed by atoms with E-state index in [4.69, 9.17) is 4.74 Å². The fourth-order valence-electron chi connectivity index (χ4n) is 3.18. The number of esters is 1. The van der Waals surface area contributed by atoms with Crippen LogP contribution in [-0.4, -0.2) is 69.8 Å². The first-order valence-electron chi connectivity index (χ1n) is 8.91. The average Bonchev–Trinajstić information content (AvgIpc) is 2.59. The summed E-state index contributed by atoms with van der Waals surface area (Å²) in [7, 11) is 0. The number of aromatic nitrogens is 2. The van der Waals surface area contributed by atoms with E-state index in [9.17, 15) is 14.4 Å². The predicted octanol–water partition coefficient (Wildman–Crippen LogP) is 1.35. The molecule has 142 valence electrons. The maximum absolute atomic E-state index is 13.0. The minimum atomic E-state index is -0.596. The Balaban J connectivity index is 2.30. The molecule has 1 aromatic heterocycles. The number of carbonyl (C=O) groups is 3. The summed E-state index contributed by atoms with van der Waals surface area (Å²) in [6, 6.07) is -0.0878. The predicted molar refractivity (Wildman–Crippen MR) is 94.8 cm³/mol. The van der Waals surface area contributed by atoms with Crippen molar-refractivity contribution in [2.24, 2.45) is 0 Å². The van der Waals surface area contributed by atoms with E-state index in [0.717, 1.165) is 0 Å². The molecule has 2 heterocycles. The molecule has 2 rings (SSSR count). The summed E-state index contributed by atoms with van der Waals surface area (Å²) in [5.74, 6) is -0.435. The monoisotopic (exact) mass is 362 g/mol. The Bertz CT molecular complexity index is 719. The van der Waals surface area contributed by atoms with E-state index in [1.807, 2.05) is 13.8 Å². The number of carbonyl (C=O) groups excluding carboxylic acids is 3. The molecule has 1 atom stereocenters. The zero-order valence-corrected chi connectivity index (χ0v) is 16.0. The third kappa shape index (κ3) is 4.00. The number of amides is 2. The Labute approximate surface area is 153 Å². The van der Waals surface area contributed by atoms with Crippen LogP contribution in [0, 0.1) is 13.8 Å². The minimum absolute atomic E-state index is 0.0657. The number of rotatable bonds is 4. The van der Waals surface area contributed by atoms with Gasteiger partial charge in [0.15, 0.2) is 0 Å². The minimum Gasteiger partial charge on any atom is -0.462 e. The lowest BCUT2D eigenvalue weighted by molar-refractivity contribution is -0.134. The van der Waals surface area contributed by atoms with E-state index in [-0.39, 0.29) is 35.7 Å². The second-order valence-corrected chi connectivity index (χ2v) is 6.34. The Morgan fingerprint density at radius 1 is 1.15 bits per heavy atom. The molecule has 0 N–H and O–H groups in total. The number of piperazine rings is 1. The summed E-state index contributed by atoms with van der Waals surface area (Å²) in [5, 5.41) is 0. The Morgan fingerprint density at radius 3 is 2.42 bits per heavy atom. The highest BCUT2D eigenvalue weighted by atomic mass is 16.5. The van der Waals surface area contributed by atoms with E-state index >= 15 is 0 Å². The molecule has 1 aromatic rings. The van der Waals surface area contributed by atoms with Crippen LogP contribution in [0.15, 0.2) is 0 Å². The second-order valence-electron chi connectivity index (χ2n) is 6.34. The molecule has 26 heavy (non-hydrogen) atoms. The number of nitrogens with zero attached hydrogens (tertiary/aromatic N) is 4. The summed E-state index contributed by atoms with van der Waals surface area (Å²) in [5.41, 5.74) is 0.602. The first-order valence-corrected chi connectivity index (χ1v) is 8.91. The summed E-state index contributed by atoms with van der Waals surface area (Å²) in [6.45, 7) is 10.3.